The molecule has 0 saturated carbocycles. The van der Waals surface area contributed by atoms with Gasteiger partial charge in [0.2, 0.25) is 0 Å². The van der Waals surface area contributed by atoms with Crippen molar-refractivity contribution in [3.63, 3.8) is 0 Å². The van der Waals surface area contributed by atoms with Crippen molar-refractivity contribution in [1.82, 2.24) is 4.98 Å². The van der Waals surface area contributed by atoms with Crippen LogP contribution in [0.1, 0.15) is 5.56 Å². The van der Waals surface area contributed by atoms with Crippen LogP contribution in [-0.2, 0) is 0 Å². The predicted molar refractivity (Wildman–Crippen MR) is 130 cm³/mol. The summed E-state index contributed by atoms with van der Waals surface area (Å²) in [5.41, 5.74) is 4.93. The molecule has 4 aromatic carbocycles. The first-order valence-corrected chi connectivity index (χ1v) is 12.1. The Bertz CT molecular complexity index is 1220. The minimum atomic E-state index is -0.641. The van der Waals surface area contributed by atoms with Crippen LogP contribution in [0.3, 0.4) is 0 Å². The number of benzene rings is 4. The molecule has 0 N–H and O–H groups in total. The van der Waals surface area contributed by atoms with Crippen LogP contribution in [0, 0.1) is 6.92 Å². The normalized spacial score (nSPS) is 11.5. The third kappa shape index (κ3) is 3.65. The topological polar surface area (TPSA) is 12.9 Å². The van der Waals surface area contributed by atoms with E-state index in [9.17, 15) is 0 Å². The molecule has 1 unspecified atom stereocenters. The van der Waals surface area contributed by atoms with Crippen LogP contribution in [0.15, 0.2) is 103 Å². The quantitative estimate of drug-likeness (QED) is 0.332. The van der Waals surface area contributed by atoms with E-state index < -0.39 is 7.92 Å². The molecule has 1 aromatic heterocycles. The maximum Gasteiger partial charge on any atom is 0.0878 e. The number of aryl methyl sites for hydroxylation is 1. The van der Waals surface area contributed by atoms with E-state index in [1.807, 2.05) is 0 Å². The minimum Gasteiger partial charge on any atom is -0.243 e. The van der Waals surface area contributed by atoms with Gasteiger partial charge in [-0.2, -0.15) is 0 Å². The van der Waals surface area contributed by atoms with Crippen LogP contribution in [-0.4, -0.2) is 4.98 Å². The van der Waals surface area contributed by atoms with Gasteiger partial charge in [0.05, 0.1) is 10.9 Å². The number of nitrogens with zero attached hydrogens (tertiary/aromatic N) is 1. The molecule has 0 fully saturated rings. The maximum absolute atomic E-state index is 5.03. The molecule has 5 aromatic rings. The van der Waals surface area contributed by atoms with E-state index >= 15 is 0 Å². The van der Waals surface area contributed by atoms with Gasteiger partial charge in [-0.3, -0.25) is 0 Å². The summed E-state index contributed by atoms with van der Waals surface area (Å²) >= 11 is 0. The Balaban J connectivity index is 1.72. The molecule has 1 nitrogen and oxygen atoms in total. The number of fused-ring (bicyclic) bond motifs is 1. The first-order valence-electron chi connectivity index (χ1n) is 9.75. The van der Waals surface area contributed by atoms with Crippen molar-refractivity contribution in [3.8, 4) is 11.0 Å². The molecule has 0 aliphatic carbocycles. The highest BCUT2D eigenvalue weighted by Gasteiger charge is 2.20. The maximum atomic E-state index is 5.03. The van der Waals surface area contributed by atoms with Crippen molar-refractivity contribution in [3.05, 3.63) is 109 Å². The Hall–Kier alpha value is -2.72. The summed E-state index contributed by atoms with van der Waals surface area (Å²) in [6.45, 7) is 2.15. The first-order chi connectivity index (χ1) is 14.3. The van der Waals surface area contributed by atoms with E-state index in [1.165, 1.54) is 37.6 Å². The van der Waals surface area contributed by atoms with Gasteiger partial charge in [-0.15, -0.1) is 8.19 Å². The highest BCUT2D eigenvalue weighted by atomic mass is 31.1. The van der Waals surface area contributed by atoms with Crippen molar-refractivity contribution in [2.75, 3.05) is 0 Å². The smallest absolute Gasteiger partial charge is 0.0878 e. The Labute approximate surface area is 174 Å². The van der Waals surface area contributed by atoms with Crippen LogP contribution in [0.2, 0.25) is 0 Å². The molecule has 3 heteroatoms. The third-order valence-electron chi connectivity index (χ3n) is 5.07. The molecular formula is C26H21NP2. The highest BCUT2D eigenvalue weighted by Crippen LogP contribution is 2.40. The van der Waals surface area contributed by atoms with Gasteiger partial charge < -0.3 is 0 Å². The predicted octanol–water partition coefficient (Wildman–Crippen LogP) is 6.00. The summed E-state index contributed by atoms with van der Waals surface area (Å²) in [6.07, 6.45) is 0. The summed E-state index contributed by atoms with van der Waals surface area (Å²) in [5.74, 6) is 0. The summed E-state index contributed by atoms with van der Waals surface area (Å²) in [5, 5.41) is 5.49. The van der Waals surface area contributed by atoms with Gasteiger partial charge in [-0.25, -0.2) is 4.98 Å². The van der Waals surface area contributed by atoms with Gasteiger partial charge in [0.25, 0.3) is 0 Å². The molecule has 0 amide bonds. The fourth-order valence-electron chi connectivity index (χ4n) is 3.70. The Morgan fingerprint density at radius 2 is 1.31 bits per heavy atom. The standard InChI is InChI=1S/C26H21NP2/c1-19-16-17-23-24(18-19)28-26(27-23)22-14-8-9-15-25(22)29(20-10-4-2-5-11-20)21-12-6-3-7-13-21/h2-18,28H,1H3. The van der Waals surface area contributed by atoms with E-state index in [1.54, 1.807) is 0 Å². The van der Waals surface area contributed by atoms with Gasteiger partial charge in [0.15, 0.2) is 0 Å². The molecule has 0 aliphatic rings. The Kier molecular flexibility index (Phi) is 5.03. The van der Waals surface area contributed by atoms with Crippen molar-refractivity contribution >= 4 is 42.7 Å². The molecule has 0 radical (unpaired) electrons. The van der Waals surface area contributed by atoms with E-state index in [2.05, 4.69) is 110 Å². The second-order valence-electron chi connectivity index (χ2n) is 7.13. The van der Waals surface area contributed by atoms with E-state index in [0.717, 1.165) is 5.52 Å². The summed E-state index contributed by atoms with van der Waals surface area (Å²) < 4.78 is 0. The number of aromatic nitrogens is 1. The van der Waals surface area contributed by atoms with Crippen molar-refractivity contribution < 1.29 is 0 Å². The molecule has 5 rings (SSSR count). The largest absolute Gasteiger partial charge is 0.243 e. The van der Waals surface area contributed by atoms with Crippen molar-refractivity contribution in [2.45, 2.75) is 6.92 Å². The molecule has 0 saturated heterocycles. The summed E-state index contributed by atoms with van der Waals surface area (Å²) in [6, 6.07) is 37.2. The summed E-state index contributed by atoms with van der Waals surface area (Å²) in [7, 11) is -0.0320. The molecular weight excluding hydrogens is 388 g/mol. The molecule has 1 heterocycles. The first kappa shape index (κ1) is 18.3. The number of hydrogen-bond acceptors (Lipinski definition) is 1. The van der Waals surface area contributed by atoms with Crippen LogP contribution in [0.4, 0.5) is 0 Å². The average molecular weight is 409 g/mol. The van der Waals surface area contributed by atoms with Gasteiger partial charge in [0, 0.05) is 10.7 Å². The molecule has 0 aliphatic heterocycles. The van der Waals surface area contributed by atoms with Crippen LogP contribution in [0.5, 0.6) is 0 Å². The van der Waals surface area contributed by atoms with Gasteiger partial charge in [-0.05, 0) is 42.9 Å². The van der Waals surface area contributed by atoms with E-state index in [0.29, 0.717) is 8.19 Å². The van der Waals surface area contributed by atoms with Crippen LogP contribution >= 0.6 is 16.1 Å². The zero-order valence-electron chi connectivity index (χ0n) is 16.2. The van der Waals surface area contributed by atoms with Gasteiger partial charge in [0.1, 0.15) is 0 Å². The Morgan fingerprint density at radius 1 is 0.690 bits per heavy atom. The second kappa shape index (κ2) is 7.96. The lowest BCUT2D eigenvalue weighted by molar-refractivity contribution is 1.46. The number of rotatable bonds is 4. The molecule has 1 atom stereocenters. The van der Waals surface area contributed by atoms with Crippen LogP contribution in [0.25, 0.3) is 21.6 Å². The fourth-order valence-corrected chi connectivity index (χ4v) is 7.61. The number of hydrogen-bond donors (Lipinski definition) is 0. The lowest BCUT2D eigenvalue weighted by Gasteiger charge is -2.21. The SMILES string of the molecule is Cc1ccc2nc(-c3ccccc3P(c3ccccc3)c3ccccc3)[pH]c2c1. The van der Waals surface area contributed by atoms with E-state index in [4.69, 9.17) is 4.98 Å². The molecule has 0 spiro atoms. The zero-order valence-corrected chi connectivity index (χ0v) is 18.1. The lowest BCUT2D eigenvalue weighted by atomic mass is 10.2. The van der Waals surface area contributed by atoms with E-state index in [-0.39, 0.29) is 0 Å². The highest BCUT2D eigenvalue weighted by molar-refractivity contribution is 7.80. The van der Waals surface area contributed by atoms with Gasteiger partial charge in [-0.1, -0.05) is 96.6 Å². The van der Waals surface area contributed by atoms with Crippen LogP contribution < -0.4 is 15.9 Å². The molecule has 29 heavy (non-hydrogen) atoms. The molecule has 140 valence electrons. The van der Waals surface area contributed by atoms with Gasteiger partial charge >= 0.3 is 0 Å². The molecule has 0 bridgehead atoms. The third-order valence-corrected chi connectivity index (χ3v) is 8.85. The minimum absolute atomic E-state index is 0.609. The lowest BCUT2D eigenvalue weighted by Crippen LogP contribution is -2.21. The fraction of sp³-hybridized carbons (Fsp3) is 0.0385. The average Bonchev–Trinajstić information content (AvgIpc) is 3.19. The van der Waals surface area contributed by atoms with Crippen molar-refractivity contribution in [2.24, 2.45) is 0 Å². The zero-order chi connectivity index (χ0) is 19.6. The Morgan fingerprint density at radius 3 is 2.00 bits per heavy atom. The second-order valence-corrected chi connectivity index (χ2v) is 10.6. The summed E-state index contributed by atoms with van der Waals surface area (Å²) in [4.78, 5) is 5.03. The monoisotopic (exact) mass is 409 g/mol. The van der Waals surface area contributed by atoms with Crippen molar-refractivity contribution in [1.29, 1.82) is 0 Å².